The van der Waals surface area contributed by atoms with Gasteiger partial charge in [0, 0.05) is 19.4 Å². The summed E-state index contributed by atoms with van der Waals surface area (Å²) >= 11 is 0. The van der Waals surface area contributed by atoms with E-state index in [1.54, 1.807) is 13.8 Å². The third-order valence-electron chi connectivity index (χ3n) is 2.30. The van der Waals surface area contributed by atoms with Crippen LogP contribution in [0.25, 0.3) is 0 Å². The van der Waals surface area contributed by atoms with Crippen LogP contribution in [0.2, 0.25) is 0 Å². The van der Waals surface area contributed by atoms with Crippen LogP contribution in [-0.4, -0.2) is 35.8 Å². The minimum absolute atomic E-state index is 0.135. The highest BCUT2D eigenvalue weighted by Crippen LogP contribution is 2.14. The maximum absolute atomic E-state index is 11.3. The lowest BCUT2D eigenvalue weighted by molar-refractivity contribution is -0.149. The Bertz CT molecular complexity index is 271. The fourth-order valence-electron chi connectivity index (χ4n) is 1.46. The summed E-state index contributed by atoms with van der Waals surface area (Å²) < 4.78 is 4.80. The maximum Gasteiger partial charge on any atom is 0.310 e. The Balaban J connectivity index is 2.50. The van der Waals surface area contributed by atoms with Gasteiger partial charge in [-0.3, -0.25) is 19.3 Å². The van der Waals surface area contributed by atoms with E-state index >= 15 is 0 Å². The molecule has 0 aromatic rings. The van der Waals surface area contributed by atoms with Gasteiger partial charge in [-0.1, -0.05) is 6.92 Å². The zero-order valence-corrected chi connectivity index (χ0v) is 8.99. The summed E-state index contributed by atoms with van der Waals surface area (Å²) in [5, 5.41) is 0. The highest BCUT2D eigenvalue weighted by Gasteiger charge is 2.31. The summed E-state index contributed by atoms with van der Waals surface area (Å²) in [6.45, 7) is 3.81. The number of carbonyl (C=O) groups is 3. The first kappa shape index (κ1) is 11.7. The van der Waals surface area contributed by atoms with Gasteiger partial charge < -0.3 is 4.74 Å². The normalized spacial score (nSPS) is 18.1. The zero-order chi connectivity index (χ0) is 11.4. The van der Waals surface area contributed by atoms with Crippen LogP contribution in [0.1, 0.15) is 26.7 Å². The van der Waals surface area contributed by atoms with Crippen LogP contribution >= 0.6 is 0 Å². The molecule has 15 heavy (non-hydrogen) atoms. The van der Waals surface area contributed by atoms with Gasteiger partial charge in [-0.25, -0.2) is 0 Å². The first-order valence-electron chi connectivity index (χ1n) is 5.06. The molecular formula is C10H15NO4. The number of hydrogen-bond acceptors (Lipinski definition) is 4. The van der Waals surface area contributed by atoms with E-state index in [1.165, 1.54) is 0 Å². The van der Waals surface area contributed by atoms with Crippen molar-refractivity contribution in [3.05, 3.63) is 0 Å². The molecule has 0 aliphatic carbocycles. The second kappa shape index (κ2) is 4.91. The summed E-state index contributed by atoms with van der Waals surface area (Å²) in [6.07, 6.45) is 0.517. The van der Waals surface area contributed by atoms with Gasteiger partial charge in [0.1, 0.15) is 0 Å². The van der Waals surface area contributed by atoms with Gasteiger partial charge in [-0.05, 0) is 6.92 Å². The Morgan fingerprint density at radius 1 is 1.40 bits per heavy atom. The van der Waals surface area contributed by atoms with Crippen molar-refractivity contribution in [2.24, 2.45) is 5.92 Å². The molecule has 1 heterocycles. The lowest BCUT2D eigenvalue weighted by Gasteiger charge is -2.17. The van der Waals surface area contributed by atoms with Crippen molar-refractivity contribution in [3.8, 4) is 0 Å². The molecule has 0 spiro atoms. The molecule has 1 saturated heterocycles. The second-order valence-electron chi connectivity index (χ2n) is 3.55. The van der Waals surface area contributed by atoms with E-state index in [9.17, 15) is 14.4 Å². The largest absolute Gasteiger partial charge is 0.466 e. The van der Waals surface area contributed by atoms with Crippen molar-refractivity contribution in [2.75, 3.05) is 13.2 Å². The minimum Gasteiger partial charge on any atom is -0.466 e. The van der Waals surface area contributed by atoms with E-state index in [4.69, 9.17) is 4.74 Å². The molecule has 0 aromatic carbocycles. The standard InChI is InChI=1S/C10H15NO4/c1-3-15-10(14)7(2)6-11-8(12)4-5-9(11)13/h7H,3-6H2,1-2H3. The Hall–Kier alpha value is -1.39. The Morgan fingerprint density at radius 3 is 2.40 bits per heavy atom. The van der Waals surface area contributed by atoms with Crippen molar-refractivity contribution < 1.29 is 19.1 Å². The van der Waals surface area contributed by atoms with Crippen LogP contribution in [0.4, 0.5) is 0 Å². The molecule has 1 unspecified atom stereocenters. The summed E-state index contributed by atoms with van der Waals surface area (Å²) in [6, 6.07) is 0. The number of ether oxygens (including phenoxy) is 1. The van der Waals surface area contributed by atoms with Crippen LogP contribution in [0.5, 0.6) is 0 Å². The van der Waals surface area contributed by atoms with Gasteiger partial charge in [0.15, 0.2) is 0 Å². The van der Waals surface area contributed by atoms with Gasteiger partial charge in [-0.2, -0.15) is 0 Å². The number of nitrogens with zero attached hydrogens (tertiary/aromatic N) is 1. The summed E-state index contributed by atoms with van der Waals surface area (Å²) in [4.78, 5) is 34.9. The predicted molar refractivity (Wildman–Crippen MR) is 51.8 cm³/mol. The molecule has 1 atom stereocenters. The molecule has 0 saturated carbocycles. The summed E-state index contributed by atoms with van der Waals surface area (Å²) in [5.41, 5.74) is 0. The van der Waals surface area contributed by atoms with Crippen molar-refractivity contribution in [1.82, 2.24) is 4.90 Å². The molecule has 1 aliphatic rings. The SMILES string of the molecule is CCOC(=O)C(C)CN1C(=O)CCC1=O. The van der Waals surface area contributed by atoms with Crippen molar-refractivity contribution >= 4 is 17.8 Å². The average molecular weight is 213 g/mol. The van der Waals surface area contributed by atoms with Crippen LogP contribution in [-0.2, 0) is 19.1 Å². The van der Waals surface area contributed by atoms with Crippen molar-refractivity contribution in [1.29, 1.82) is 0 Å². The fourth-order valence-corrected chi connectivity index (χ4v) is 1.46. The van der Waals surface area contributed by atoms with Crippen molar-refractivity contribution in [2.45, 2.75) is 26.7 Å². The number of carbonyl (C=O) groups excluding carboxylic acids is 3. The molecule has 0 bridgehead atoms. The number of esters is 1. The molecule has 5 heteroatoms. The molecular weight excluding hydrogens is 198 g/mol. The molecule has 1 rings (SSSR count). The van der Waals surface area contributed by atoms with Gasteiger partial charge in [-0.15, -0.1) is 0 Å². The highest BCUT2D eigenvalue weighted by molar-refractivity contribution is 6.02. The van der Waals surface area contributed by atoms with E-state index in [2.05, 4.69) is 0 Å². The lowest BCUT2D eigenvalue weighted by Crippen LogP contribution is -2.36. The number of hydrogen-bond donors (Lipinski definition) is 0. The molecule has 1 aliphatic heterocycles. The Labute approximate surface area is 88.4 Å². The number of likely N-dealkylation sites (tertiary alicyclic amines) is 1. The van der Waals surface area contributed by atoms with E-state index < -0.39 is 5.92 Å². The fraction of sp³-hybridized carbons (Fsp3) is 0.700. The maximum atomic E-state index is 11.3. The molecule has 5 nitrogen and oxygen atoms in total. The first-order valence-corrected chi connectivity index (χ1v) is 5.06. The van der Waals surface area contributed by atoms with E-state index in [1.807, 2.05) is 0 Å². The number of imide groups is 1. The van der Waals surface area contributed by atoms with Crippen LogP contribution in [0.3, 0.4) is 0 Å². The second-order valence-corrected chi connectivity index (χ2v) is 3.55. The first-order chi connectivity index (χ1) is 7.06. The van der Waals surface area contributed by atoms with Gasteiger partial charge >= 0.3 is 5.97 Å². The lowest BCUT2D eigenvalue weighted by atomic mass is 10.2. The van der Waals surface area contributed by atoms with Gasteiger partial charge in [0.05, 0.1) is 12.5 Å². The summed E-state index contributed by atoms with van der Waals surface area (Å²) in [7, 11) is 0. The molecule has 1 fully saturated rings. The third kappa shape index (κ3) is 2.78. The zero-order valence-electron chi connectivity index (χ0n) is 8.99. The van der Waals surface area contributed by atoms with Crippen molar-refractivity contribution in [3.63, 3.8) is 0 Å². The molecule has 2 amide bonds. The number of amides is 2. The topological polar surface area (TPSA) is 63.7 Å². The van der Waals surface area contributed by atoms with Crippen LogP contribution in [0, 0.1) is 5.92 Å². The monoisotopic (exact) mass is 213 g/mol. The smallest absolute Gasteiger partial charge is 0.310 e. The van der Waals surface area contributed by atoms with Crippen LogP contribution in [0.15, 0.2) is 0 Å². The molecule has 0 N–H and O–H groups in total. The van der Waals surface area contributed by atoms with Gasteiger partial charge in [0.2, 0.25) is 11.8 Å². The Kier molecular flexibility index (Phi) is 3.82. The molecule has 0 aromatic heterocycles. The molecule has 0 radical (unpaired) electrons. The number of rotatable bonds is 4. The summed E-state index contributed by atoms with van der Waals surface area (Å²) in [5.74, 6) is -1.21. The van der Waals surface area contributed by atoms with E-state index in [-0.39, 0.29) is 37.2 Å². The predicted octanol–water partition coefficient (Wildman–Crippen LogP) is 0.335. The average Bonchev–Trinajstić information content (AvgIpc) is 2.49. The van der Waals surface area contributed by atoms with E-state index in [0.29, 0.717) is 6.61 Å². The van der Waals surface area contributed by atoms with Gasteiger partial charge in [0.25, 0.3) is 0 Å². The minimum atomic E-state index is -0.448. The Morgan fingerprint density at radius 2 is 1.93 bits per heavy atom. The third-order valence-corrected chi connectivity index (χ3v) is 2.30. The van der Waals surface area contributed by atoms with Crippen LogP contribution < -0.4 is 0 Å². The highest BCUT2D eigenvalue weighted by atomic mass is 16.5. The molecule has 84 valence electrons. The van der Waals surface area contributed by atoms with E-state index in [0.717, 1.165) is 4.90 Å². The quantitative estimate of drug-likeness (QED) is 0.499.